The van der Waals surface area contributed by atoms with Crippen molar-refractivity contribution in [2.24, 2.45) is 5.73 Å². The molecule has 3 rings (SSSR count). The summed E-state index contributed by atoms with van der Waals surface area (Å²) in [6, 6.07) is 10.2. The molecule has 0 aliphatic rings. The Bertz CT molecular complexity index is 829. The van der Waals surface area contributed by atoms with Gasteiger partial charge in [0, 0.05) is 9.86 Å². The molecular weight excluding hydrogens is 401 g/mol. The second kappa shape index (κ2) is 5.55. The van der Waals surface area contributed by atoms with Gasteiger partial charge < -0.3 is 10.2 Å². The highest BCUT2D eigenvalue weighted by Gasteiger charge is 2.16. The van der Waals surface area contributed by atoms with E-state index < -0.39 is 6.04 Å². The Morgan fingerprint density at radius 3 is 2.62 bits per heavy atom. The Hall–Kier alpha value is -1.17. The molecule has 5 heteroatoms. The van der Waals surface area contributed by atoms with E-state index in [1.54, 1.807) is 12.1 Å². The van der Waals surface area contributed by atoms with Crippen molar-refractivity contribution in [3.63, 3.8) is 0 Å². The fourth-order valence-electron chi connectivity index (χ4n) is 2.33. The highest BCUT2D eigenvalue weighted by Crippen LogP contribution is 2.32. The minimum absolute atomic E-state index is 0.310. The molecule has 0 amide bonds. The van der Waals surface area contributed by atoms with Crippen LogP contribution in [0.5, 0.6) is 0 Å². The second-order valence-corrected chi connectivity index (χ2v) is 6.71. The van der Waals surface area contributed by atoms with E-state index in [0.717, 1.165) is 26.6 Å². The first kappa shape index (κ1) is 14.8. The summed E-state index contributed by atoms with van der Waals surface area (Å²) < 4.78 is 20.6. The van der Waals surface area contributed by atoms with E-state index >= 15 is 0 Å². The number of aryl methyl sites for hydroxylation is 1. The molecule has 108 valence electrons. The molecule has 0 radical (unpaired) electrons. The molecule has 1 unspecified atom stereocenters. The molecule has 0 aliphatic heterocycles. The fourth-order valence-corrected chi connectivity index (χ4v) is 3.31. The van der Waals surface area contributed by atoms with Crippen molar-refractivity contribution >= 4 is 42.8 Å². The van der Waals surface area contributed by atoms with Gasteiger partial charge in [-0.1, -0.05) is 22.0 Å². The van der Waals surface area contributed by atoms with E-state index in [-0.39, 0.29) is 5.82 Å². The molecule has 1 atom stereocenters. The Balaban J connectivity index is 2.07. The lowest BCUT2D eigenvalue weighted by molar-refractivity contribution is 0.522. The standard InChI is InChI=1S/C16H12Br2FNO/c1-8-4-11(17)5-10-7-14(21-16(8)10)15(20)9-2-3-13(19)12(18)6-9/h2-7,15H,20H2,1H3. The number of fused-ring (bicyclic) bond motifs is 1. The maximum atomic E-state index is 13.3. The number of rotatable bonds is 2. The van der Waals surface area contributed by atoms with Crippen LogP contribution in [0.4, 0.5) is 4.39 Å². The summed E-state index contributed by atoms with van der Waals surface area (Å²) in [4.78, 5) is 0. The summed E-state index contributed by atoms with van der Waals surface area (Å²) in [7, 11) is 0. The first-order chi connectivity index (χ1) is 9.95. The van der Waals surface area contributed by atoms with Gasteiger partial charge in [0.15, 0.2) is 0 Å². The van der Waals surface area contributed by atoms with Gasteiger partial charge in [-0.05, 0) is 64.3 Å². The molecule has 1 aromatic heterocycles. The van der Waals surface area contributed by atoms with Crippen LogP contribution in [0.25, 0.3) is 11.0 Å². The van der Waals surface area contributed by atoms with E-state index in [2.05, 4.69) is 31.9 Å². The van der Waals surface area contributed by atoms with Crippen LogP contribution in [0.15, 0.2) is 49.8 Å². The van der Waals surface area contributed by atoms with Crippen LogP contribution in [-0.4, -0.2) is 0 Å². The van der Waals surface area contributed by atoms with Gasteiger partial charge in [0.1, 0.15) is 17.2 Å². The maximum absolute atomic E-state index is 13.3. The predicted octanol–water partition coefficient (Wildman–Crippen LogP) is 5.45. The van der Waals surface area contributed by atoms with E-state index in [0.29, 0.717) is 10.2 Å². The topological polar surface area (TPSA) is 39.2 Å². The van der Waals surface area contributed by atoms with Gasteiger partial charge in [-0.2, -0.15) is 0 Å². The quantitative estimate of drug-likeness (QED) is 0.607. The van der Waals surface area contributed by atoms with Crippen LogP contribution in [0.3, 0.4) is 0 Å². The van der Waals surface area contributed by atoms with Crippen molar-refractivity contribution < 1.29 is 8.81 Å². The summed E-state index contributed by atoms with van der Waals surface area (Å²) in [5.74, 6) is 0.347. The van der Waals surface area contributed by atoms with Gasteiger partial charge in [0.2, 0.25) is 0 Å². The lowest BCUT2D eigenvalue weighted by Gasteiger charge is -2.09. The molecule has 2 N–H and O–H groups in total. The summed E-state index contributed by atoms with van der Waals surface area (Å²) in [6.07, 6.45) is 0. The van der Waals surface area contributed by atoms with Crippen LogP contribution in [-0.2, 0) is 0 Å². The monoisotopic (exact) mass is 411 g/mol. The van der Waals surface area contributed by atoms with Crippen LogP contribution in [0, 0.1) is 12.7 Å². The molecule has 0 spiro atoms. The SMILES string of the molecule is Cc1cc(Br)cc2cc(C(N)c3ccc(F)c(Br)c3)oc12. The third kappa shape index (κ3) is 2.78. The first-order valence-electron chi connectivity index (χ1n) is 6.36. The fraction of sp³-hybridized carbons (Fsp3) is 0.125. The van der Waals surface area contributed by atoms with Crippen LogP contribution in [0.1, 0.15) is 22.9 Å². The molecule has 0 saturated heterocycles. The summed E-state index contributed by atoms with van der Waals surface area (Å²) in [5, 5.41) is 0.994. The molecule has 21 heavy (non-hydrogen) atoms. The van der Waals surface area contributed by atoms with Crippen molar-refractivity contribution in [1.29, 1.82) is 0 Å². The second-order valence-electron chi connectivity index (χ2n) is 4.94. The third-order valence-electron chi connectivity index (χ3n) is 3.40. The first-order valence-corrected chi connectivity index (χ1v) is 7.94. The van der Waals surface area contributed by atoms with E-state index in [4.69, 9.17) is 10.2 Å². The average molecular weight is 413 g/mol. The summed E-state index contributed by atoms with van der Waals surface area (Å²) in [5.41, 5.74) is 8.89. The van der Waals surface area contributed by atoms with E-state index in [9.17, 15) is 4.39 Å². The zero-order valence-electron chi connectivity index (χ0n) is 11.2. The minimum atomic E-state index is -0.438. The van der Waals surface area contributed by atoms with Crippen molar-refractivity contribution in [3.8, 4) is 0 Å². The Morgan fingerprint density at radius 2 is 1.90 bits per heavy atom. The molecule has 2 aromatic carbocycles. The Kier molecular flexibility index (Phi) is 3.90. The van der Waals surface area contributed by atoms with Crippen LogP contribution < -0.4 is 5.73 Å². The number of benzene rings is 2. The van der Waals surface area contributed by atoms with Crippen molar-refractivity contribution in [2.45, 2.75) is 13.0 Å². The number of halogens is 3. The molecule has 2 nitrogen and oxygen atoms in total. The Morgan fingerprint density at radius 1 is 1.14 bits per heavy atom. The predicted molar refractivity (Wildman–Crippen MR) is 88.8 cm³/mol. The lowest BCUT2D eigenvalue weighted by atomic mass is 10.1. The van der Waals surface area contributed by atoms with Gasteiger partial charge in [-0.25, -0.2) is 4.39 Å². The van der Waals surface area contributed by atoms with Crippen molar-refractivity contribution in [3.05, 3.63) is 68.0 Å². The van der Waals surface area contributed by atoms with Crippen LogP contribution >= 0.6 is 31.9 Å². The average Bonchev–Trinajstić information content (AvgIpc) is 2.85. The van der Waals surface area contributed by atoms with Gasteiger partial charge >= 0.3 is 0 Å². The molecular formula is C16H12Br2FNO. The number of hydrogen-bond donors (Lipinski definition) is 1. The summed E-state index contributed by atoms with van der Waals surface area (Å²) >= 11 is 6.65. The van der Waals surface area contributed by atoms with Crippen molar-refractivity contribution in [1.82, 2.24) is 0 Å². The zero-order valence-corrected chi connectivity index (χ0v) is 14.3. The zero-order chi connectivity index (χ0) is 15.1. The molecule has 3 aromatic rings. The molecule has 1 heterocycles. The largest absolute Gasteiger partial charge is 0.459 e. The molecule has 0 saturated carbocycles. The van der Waals surface area contributed by atoms with Gasteiger partial charge in [-0.3, -0.25) is 0 Å². The normalized spacial score (nSPS) is 12.8. The molecule has 0 fully saturated rings. The van der Waals surface area contributed by atoms with E-state index in [1.807, 2.05) is 25.1 Å². The van der Waals surface area contributed by atoms with Gasteiger partial charge in [0.05, 0.1) is 10.5 Å². The third-order valence-corrected chi connectivity index (χ3v) is 4.46. The highest BCUT2D eigenvalue weighted by atomic mass is 79.9. The van der Waals surface area contributed by atoms with E-state index in [1.165, 1.54) is 6.07 Å². The maximum Gasteiger partial charge on any atom is 0.137 e. The highest BCUT2D eigenvalue weighted by molar-refractivity contribution is 9.10. The van der Waals surface area contributed by atoms with Crippen molar-refractivity contribution in [2.75, 3.05) is 0 Å². The number of hydrogen-bond acceptors (Lipinski definition) is 2. The Labute approximate surface area is 138 Å². The molecule has 0 aliphatic carbocycles. The molecule has 0 bridgehead atoms. The van der Waals surface area contributed by atoms with Gasteiger partial charge in [0.25, 0.3) is 0 Å². The van der Waals surface area contributed by atoms with Crippen LogP contribution in [0.2, 0.25) is 0 Å². The lowest BCUT2D eigenvalue weighted by Crippen LogP contribution is -2.10. The smallest absolute Gasteiger partial charge is 0.137 e. The van der Waals surface area contributed by atoms with Gasteiger partial charge in [-0.15, -0.1) is 0 Å². The minimum Gasteiger partial charge on any atom is -0.459 e. The summed E-state index contributed by atoms with van der Waals surface area (Å²) in [6.45, 7) is 1.99. The number of furan rings is 1. The number of nitrogens with two attached hydrogens (primary N) is 1.